The highest BCUT2D eigenvalue weighted by molar-refractivity contribution is 7.99. The lowest BCUT2D eigenvalue weighted by molar-refractivity contribution is 0.0697. The van der Waals surface area contributed by atoms with Crippen LogP contribution in [0.25, 0.3) is 0 Å². The molecule has 0 unspecified atom stereocenters. The molecular formula is C12H17NO3S. The Labute approximate surface area is 105 Å². The Bertz CT molecular complexity index is 382. The lowest BCUT2D eigenvalue weighted by Crippen LogP contribution is -2.04. The molecule has 94 valence electrons. The molecule has 0 saturated heterocycles. The van der Waals surface area contributed by atoms with Gasteiger partial charge in [-0.1, -0.05) is 6.92 Å². The van der Waals surface area contributed by atoms with E-state index in [0.29, 0.717) is 12.4 Å². The summed E-state index contributed by atoms with van der Waals surface area (Å²) in [5.74, 6) is 1.68. The molecule has 1 aromatic carbocycles. The first-order chi connectivity index (χ1) is 8.15. The lowest BCUT2D eigenvalue weighted by Gasteiger charge is -2.08. The number of aromatic carboxylic acids is 1. The van der Waals surface area contributed by atoms with Gasteiger partial charge in [-0.15, -0.1) is 0 Å². The minimum Gasteiger partial charge on any atom is -0.494 e. The third-order valence-corrected chi connectivity index (χ3v) is 3.15. The Morgan fingerprint density at radius 1 is 1.53 bits per heavy atom. The number of benzene rings is 1. The largest absolute Gasteiger partial charge is 0.494 e. The number of rotatable bonds is 7. The summed E-state index contributed by atoms with van der Waals surface area (Å²) in [6.45, 7) is 2.71. The van der Waals surface area contributed by atoms with Gasteiger partial charge in [0.25, 0.3) is 0 Å². The Hall–Kier alpha value is -1.36. The van der Waals surface area contributed by atoms with Gasteiger partial charge in [0.2, 0.25) is 0 Å². The third kappa shape index (κ3) is 4.56. The van der Waals surface area contributed by atoms with E-state index < -0.39 is 5.97 Å². The summed E-state index contributed by atoms with van der Waals surface area (Å²) in [7, 11) is 0. The van der Waals surface area contributed by atoms with Crippen LogP contribution in [-0.2, 0) is 0 Å². The molecule has 0 bridgehead atoms. The van der Waals surface area contributed by atoms with Crippen LogP contribution in [0.3, 0.4) is 0 Å². The van der Waals surface area contributed by atoms with E-state index >= 15 is 0 Å². The van der Waals surface area contributed by atoms with Crippen molar-refractivity contribution in [3.8, 4) is 5.75 Å². The summed E-state index contributed by atoms with van der Waals surface area (Å²) in [4.78, 5) is 10.9. The fourth-order valence-electron chi connectivity index (χ4n) is 1.31. The standard InChI is InChI=1S/C12H17NO3S/c1-2-17-7-3-6-16-9-4-5-11(13)10(8-9)12(14)15/h4-5,8H,2-3,6-7,13H2,1H3,(H,14,15). The SMILES string of the molecule is CCSCCCOc1ccc(N)c(C(=O)O)c1. The minimum absolute atomic E-state index is 0.0884. The maximum absolute atomic E-state index is 10.9. The van der Waals surface area contributed by atoms with Crippen molar-refractivity contribution in [2.24, 2.45) is 0 Å². The van der Waals surface area contributed by atoms with Crippen LogP contribution in [0.2, 0.25) is 0 Å². The second-order valence-electron chi connectivity index (χ2n) is 3.45. The Balaban J connectivity index is 2.49. The topological polar surface area (TPSA) is 72.5 Å². The van der Waals surface area contributed by atoms with Crippen molar-refractivity contribution in [1.82, 2.24) is 0 Å². The molecule has 0 saturated carbocycles. The van der Waals surface area contributed by atoms with Crippen LogP contribution in [0.4, 0.5) is 5.69 Å². The normalized spacial score (nSPS) is 10.2. The van der Waals surface area contributed by atoms with Crippen LogP contribution < -0.4 is 10.5 Å². The number of carboxylic acids is 1. The second-order valence-corrected chi connectivity index (χ2v) is 4.85. The first-order valence-electron chi connectivity index (χ1n) is 5.48. The molecule has 0 fully saturated rings. The van der Waals surface area contributed by atoms with Crippen molar-refractivity contribution in [2.75, 3.05) is 23.8 Å². The van der Waals surface area contributed by atoms with Gasteiger partial charge < -0.3 is 15.6 Å². The van der Waals surface area contributed by atoms with Gasteiger partial charge in [0, 0.05) is 5.69 Å². The number of ether oxygens (including phenoxy) is 1. The molecule has 0 atom stereocenters. The van der Waals surface area contributed by atoms with Gasteiger partial charge in [-0.25, -0.2) is 4.79 Å². The maximum Gasteiger partial charge on any atom is 0.337 e. The van der Waals surface area contributed by atoms with Gasteiger partial charge in [0.1, 0.15) is 5.75 Å². The molecule has 0 aliphatic heterocycles. The Kier molecular flexibility index (Phi) is 5.69. The molecule has 0 aliphatic carbocycles. The molecule has 0 heterocycles. The molecule has 0 radical (unpaired) electrons. The van der Waals surface area contributed by atoms with Gasteiger partial charge >= 0.3 is 5.97 Å². The molecule has 1 aromatic rings. The summed E-state index contributed by atoms with van der Waals surface area (Å²) in [5, 5.41) is 8.89. The highest BCUT2D eigenvalue weighted by atomic mass is 32.2. The first kappa shape index (κ1) is 13.7. The van der Waals surface area contributed by atoms with Crippen molar-refractivity contribution in [1.29, 1.82) is 0 Å². The number of carbonyl (C=O) groups is 1. The first-order valence-corrected chi connectivity index (χ1v) is 6.64. The average molecular weight is 255 g/mol. The molecule has 0 aromatic heterocycles. The fraction of sp³-hybridized carbons (Fsp3) is 0.417. The summed E-state index contributed by atoms with van der Waals surface area (Å²) >= 11 is 1.86. The minimum atomic E-state index is -1.03. The zero-order valence-electron chi connectivity index (χ0n) is 9.81. The molecule has 4 nitrogen and oxygen atoms in total. The summed E-state index contributed by atoms with van der Waals surface area (Å²) in [6, 6.07) is 4.71. The third-order valence-electron chi connectivity index (χ3n) is 2.16. The number of hydrogen-bond acceptors (Lipinski definition) is 4. The molecular weight excluding hydrogens is 238 g/mol. The molecule has 3 N–H and O–H groups in total. The van der Waals surface area contributed by atoms with Gasteiger partial charge in [0.05, 0.1) is 12.2 Å². The second kappa shape index (κ2) is 7.06. The van der Waals surface area contributed by atoms with Crippen LogP contribution in [-0.4, -0.2) is 29.2 Å². The Morgan fingerprint density at radius 3 is 2.94 bits per heavy atom. The predicted octanol–water partition coefficient (Wildman–Crippen LogP) is 2.49. The lowest BCUT2D eigenvalue weighted by atomic mass is 10.2. The van der Waals surface area contributed by atoms with Crippen molar-refractivity contribution in [3.05, 3.63) is 23.8 Å². The van der Waals surface area contributed by atoms with Crippen LogP contribution in [0.5, 0.6) is 5.75 Å². The van der Waals surface area contributed by atoms with Crippen molar-refractivity contribution < 1.29 is 14.6 Å². The quantitative estimate of drug-likeness (QED) is 0.578. The van der Waals surface area contributed by atoms with Gasteiger partial charge in [-0.2, -0.15) is 11.8 Å². The monoisotopic (exact) mass is 255 g/mol. The molecule has 17 heavy (non-hydrogen) atoms. The number of hydrogen-bond donors (Lipinski definition) is 2. The van der Waals surface area contributed by atoms with E-state index in [9.17, 15) is 4.79 Å². The van der Waals surface area contributed by atoms with Crippen molar-refractivity contribution in [2.45, 2.75) is 13.3 Å². The molecule has 1 rings (SSSR count). The molecule has 0 aliphatic rings. The summed E-state index contributed by atoms with van der Waals surface area (Å²) < 4.78 is 5.47. The smallest absolute Gasteiger partial charge is 0.337 e. The fourth-order valence-corrected chi connectivity index (χ4v) is 1.92. The van der Waals surface area contributed by atoms with E-state index in [1.807, 2.05) is 11.8 Å². The van der Waals surface area contributed by atoms with E-state index in [-0.39, 0.29) is 11.3 Å². The molecule has 5 heteroatoms. The van der Waals surface area contributed by atoms with Gasteiger partial charge in [-0.05, 0) is 36.1 Å². The average Bonchev–Trinajstić information content (AvgIpc) is 2.30. The van der Waals surface area contributed by atoms with Gasteiger partial charge in [0.15, 0.2) is 0 Å². The number of thioether (sulfide) groups is 1. The summed E-state index contributed by atoms with van der Waals surface area (Å²) in [6.07, 6.45) is 0.950. The predicted molar refractivity (Wildman–Crippen MR) is 70.9 cm³/mol. The van der Waals surface area contributed by atoms with E-state index in [4.69, 9.17) is 15.6 Å². The highest BCUT2D eigenvalue weighted by Crippen LogP contribution is 2.20. The maximum atomic E-state index is 10.9. The van der Waals surface area contributed by atoms with E-state index in [2.05, 4.69) is 6.92 Å². The van der Waals surface area contributed by atoms with Gasteiger partial charge in [-0.3, -0.25) is 0 Å². The van der Waals surface area contributed by atoms with Crippen LogP contribution >= 0.6 is 11.8 Å². The molecule has 0 spiro atoms. The van der Waals surface area contributed by atoms with Crippen LogP contribution in [0, 0.1) is 0 Å². The summed E-state index contributed by atoms with van der Waals surface area (Å²) in [5.41, 5.74) is 5.89. The Morgan fingerprint density at radius 2 is 2.29 bits per heavy atom. The van der Waals surface area contributed by atoms with E-state index in [1.54, 1.807) is 12.1 Å². The van der Waals surface area contributed by atoms with E-state index in [0.717, 1.165) is 17.9 Å². The highest BCUT2D eigenvalue weighted by Gasteiger charge is 2.08. The van der Waals surface area contributed by atoms with Crippen LogP contribution in [0.1, 0.15) is 23.7 Å². The van der Waals surface area contributed by atoms with Crippen molar-refractivity contribution >= 4 is 23.4 Å². The van der Waals surface area contributed by atoms with Crippen LogP contribution in [0.15, 0.2) is 18.2 Å². The van der Waals surface area contributed by atoms with E-state index in [1.165, 1.54) is 6.07 Å². The zero-order valence-corrected chi connectivity index (χ0v) is 10.6. The number of nitrogens with two attached hydrogens (primary N) is 1. The number of nitrogen functional groups attached to an aromatic ring is 1. The van der Waals surface area contributed by atoms with Crippen molar-refractivity contribution in [3.63, 3.8) is 0 Å². The zero-order chi connectivity index (χ0) is 12.7. The molecule has 0 amide bonds. The number of anilines is 1. The number of carboxylic acid groups (broad SMARTS) is 1.